The van der Waals surface area contributed by atoms with E-state index in [4.69, 9.17) is 5.11 Å². The van der Waals surface area contributed by atoms with Crippen LogP contribution in [0.2, 0.25) is 0 Å². The number of hydrogen-bond donors (Lipinski definition) is 2. The molecular formula is C12H14O5. The molecule has 17 heavy (non-hydrogen) atoms. The maximum atomic E-state index is 11.4. The number of hydrogen-bond acceptors (Lipinski definition) is 4. The average Bonchev–Trinajstić information content (AvgIpc) is 2.35. The van der Waals surface area contributed by atoms with Gasteiger partial charge < -0.3 is 14.9 Å². The maximum absolute atomic E-state index is 11.4. The first kappa shape index (κ1) is 13.2. The Morgan fingerprint density at radius 1 is 1.41 bits per heavy atom. The van der Waals surface area contributed by atoms with Crippen LogP contribution in [0.4, 0.5) is 0 Å². The Morgan fingerprint density at radius 2 is 2.06 bits per heavy atom. The predicted molar refractivity (Wildman–Crippen MR) is 60.0 cm³/mol. The zero-order valence-corrected chi connectivity index (χ0v) is 9.64. The molecule has 0 aromatic heterocycles. The van der Waals surface area contributed by atoms with Crippen LogP contribution in [-0.2, 0) is 4.74 Å². The Balaban J connectivity index is 3.42. The molecule has 5 heteroatoms. The van der Waals surface area contributed by atoms with Crippen LogP contribution in [0.15, 0.2) is 18.2 Å². The third-order valence-corrected chi connectivity index (χ3v) is 2.46. The summed E-state index contributed by atoms with van der Waals surface area (Å²) in [5, 5.41) is 18.8. The molecule has 2 N–H and O–H groups in total. The normalized spacial score (nSPS) is 11.9. The molecule has 1 aromatic rings. The summed E-state index contributed by atoms with van der Waals surface area (Å²) in [4.78, 5) is 22.6. The quantitative estimate of drug-likeness (QED) is 0.778. The number of aromatic carboxylic acids is 1. The molecule has 1 aromatic carbocycles. The molecule has 0 aliphatic heterocycles. The summed E-state index contributed by atoms with van der Waals surface area (Å²) in [5.74, 6) is -1.99. The lowest BCUT2D eigenvalue weighted by Crippen LogP contribution is -2.14. The third-order valence-electron chi connectivity index (χ3n) is 2.46. The second-order valence-corrected chi connectivity index (χ2v) is 3.49. The van der Waals surface area contributed by atoms with Crippen molar-refractivity contribution in [3.63, 3.8) is 0 Å². The van der Waals surface area contributed by atoms with Gasteiger partial charge in [-0.05, 0) is 18.1 Å². The summed E-state index contributed by atoms with van der Waals surface area (Å²) in [6.45, 7) is 1.72. The molecule has 92 valence electrons. The molecule has 1 unspecified atom stereocenters. The van der Waals surface area contributed by atoms with E-state index in [0.29, 0.717) is 6.42 Å². The Labute approximate surface area is 98.6 Å². The summed E-state index contributed by atoms with van der Waals surface area (Å²) in [6.07, 6.45) is -0.545. The Hall–Kier alpha value is -1.88. The van der Waals surface area contributed by atoms with Crippen LogP contribution >= 0.6 is 0 Å². The Morgan fingerprint density at radius 3 is 2.53 bits per heavy atom. The van der Waals surface area contributed by atoms with E-state index in [0.717, 1.165) is 0 Å². The smallest absolute Gasteiger partial charge is 0.338 e. The molecule has 0 radical (unpaired) electrons. The van der Waals surface area contributed by atoms with E-state index in [9.17, 15) is 14.7 Å². The van der Waals surface area contributed by atoms with E-state index in [2.05, 4.69) is 4.74 Å². The molecule has 0 fully saturated rings. The Kier molecular flexibility index (Phi) is 4.23. The second kappa shape index (κ2) is 5.45. The van der Waals surface area contributed by atoms with Gasteiger partial charge in [-0.25, -0.2) is 9.59 Å². The zero-order valence-electron chi connectivity index (χ0n) is 9.64. The van der Waals surface area contributed by atoms with E-state index in [1.807, 2.05) is 0 Å². The lowest BCUT2D eigenvalue weighted by Gasteiger charge is -2.14. The van der Waals surface area contributed by atoms with Crippen molar-refractivity contribution >= 4 is 11.9 Å². The van der Waals surface area contributed by atoms with Gasteiger partial charge >= 0.3 is 11.9 Å². The van der Waals surface area contributed by atoms with Gasteiger partial charge in [0, 0.05) is 0 Å². The minimum absolute atomic E-state index is 0.0509. The first-order chi connectivity index (χ1) is 8.02. The van der Waals surface area contributed by atoms with Gasteiger partial charge in [-0.1, -0.05) is 19.1 Å². The largest absolute Gasteiger partial charge is 0.478 e. The number of carboxylic acids is 1. The van der Waals surface area contributed by atoms with Crippen molar-refractivity contribution in [1.82, 2.24) is 0 Å². The SMILES string of the molecule is CCC(O)c1cccc(C(=O)OC)c1C(=O)O. The van der Waals surface area contributed by atoms with Gasteiger partial charge in [0.15, 0.2) is 0 Å². The average molecular weight is 238 g/mol. The molecular weight excluding hydrogens is 224 g/mol. The summed E-state index contributed by atoms with van der Waals surface area (Å²) in [6, 6.07) is 4.37. The molecule has 0 amide bonds. The molecule has 0 aliphatic rings. The maximum Gasteiger partial charge on any atom is 0.338 e. The fourth-order valence-electron chi connectivity index (χ4n) is 1.59. The van der Waals surface area contributed by atoms with Gasteiger partial charge in [-0.3, -0.25) is 0 Å². The van der Waals surface area contributed by atoms with Crippen molar-refractivity contribution in [2.75, 3.05) is 7.11 Å². The molecule has 0 bridgehead atoms. The van der Waals surface area contributed by atoms with Gasteiger partial charge in [0.05, 0.1) is 24.3 Å². The Bertz CT molecular complexity index is 439. The van der Waals surface area contributed by atoms with Crippen molar-refractivity contribution in [3.8, 4) is 0 Å². The zero-order chi connectivity index (χ0) is 13.0. The lowest BCUT2D eigenvalue weighted by molar-refractivity contribution is 0.0580. The number of methoxy groups -OCH3 is 1. The minimum atomic E-state index is -1.26. The van der Waals surface area contributed by atoms with E-state index < -0.39 is 18.0 Å². The number of aliphatic hydroxyl groups excluding tert-OH is 1. The number of esters is 1. The van der Waals surface area contributed by atoms with Gasteiger partial charge in [0.25, 0.3) is 0 Å². The van der Waals surface area contributed by atoms with E-state index in [-0.39, 0.29) is 16.7 Å². The summed E-state index contributed by atoms with van der Waals surface area (Å²) in [5.41, 5.74) is -0.0263. The number of carbonyl (C=O) groups excluding carboxylic acids is 1. The highest BCUT2D eigenvalue weighted by atomic mass is 16.5. The number of benzene rings is 1. The summed E-state index contributed by atoms with van der Waals surface area (Å²) < 4.78 is 4.51. The van der Waals surface area contributed by atoms with Crippen LogP contribution in [0.1, 0.15) is 45.7 Å². The van der Waals surface area contributed by atoms with E-state index >= 15 is 0 Å². The van der Waals surface area contributed by atoms with Gasteiger partial charge in [0.2, 0.25) is 0 Å². The molecule has 1 rings (SSSR count). The number of aliphatic hydroxyl groups is 1. The number of carboxylic acid groups (broad SMARTS) is 1. The fourth-order valence-corrected chi connectivity index (χ4v) is 1.59. The molecule has 5 nitrogen and oxygen atoms in total. The highest BCUT2D eigenvalue weighted by molar-refractivity contribution is 6.03. The van der Waals surface area contributed by atoms with Crippen LogP contribution < -0.4 is 0 Å². The number of carbonyl (C=O) groups is 2. The van der Waals surface area contributed by atoms with Gasteiger partial charge in [0.1, 0.15) is 0 Å². The van der Waals surface area contributed by atoms with Crippen LogP contribution in [0.25, 0.3) is 0 Å². The molecule has 1 atom stereocenters. The predicted octanol–water partition coefficient (Wildman–Crippen LogP) is 1.61. The van der Waals surface area contributed by atoms with Crippen LogP contribution in [-0.4, -0.2) is 29.3 Å². The molecule has 0 spiro atoms. The van der Waals surface area contributed by atoms with Crippen molar-refractivity contribution in [3.05, 3.63) is 34.9 Å². The van der Waals surface area contributed by atoms with Crippen molar-refractivity contribution in [2.24, 2.45) is 0 Å². The summed E-state index contributed by atoms with van der Waals surface area (Å²) in [7, 11) is 1.18. The lowest BCUT2D eigenvalue weighted by atomic mass is 9.96. The van der Waals surface area contributed by atoms with Crippen LogP contribution in [0.3, 0.4) is 0 Å². The minimum Gasteiger partial charge on any atom is -0.478 e. The van der Waals surface area contributed by atoms with Crippen molar-refractivity contribution < 1.29 is 24.5 Å². The van der Waals surface area contributed by atoms with Gasteiger partial charge in [-0.15, -0.1) is 0 Å². The van der Waals surface area contributed by atoms with Crippen LogP contribution in [0, 0.1) is 0 Å². The monoisotopic (exact) mass is 238 g/mol. The number of rotatable bonds is 4. The van der Waals surface area contributed by atoms with Gasteiger partial charge in [-0.2, -0.15) is 0 Å². The van der Waals surface area contributed by atoms with E-state index in [1.165, 1.54) is 25.3 Å². The first-order valence-electron chi connectivity index (χ1n) is 5.15. The van der Waals surface area contributed by atoms with E-state index in [1.54, 1.807) is 6.92 Å². The highest BCUT2D eigenvalue weighted by Gasteiger charge is 2.23. The standard InChI is InChI=1S/C12H14O5/c1-3-9(13)7-5-4-6-8(12(16)17-2)10(7)11(14)15/h4-6,9,13H,3H2,1-2H3,(H,14,15). The first-order valence-corrected chi connectivity index (χ1v) is 5.15. The third kappa shape index (κ3) is 2.62. The molecule has 0 heterocycles. The fraction of sp³-hybridized carbons (Fsp3) is 0.333. The van der Waals surface area contributed by atoms with Crippen LogP contribution in [0.5, 0.6) is 0 Å². The number of ether oxygens (including phenoxy) is 1. The molecule has 0 saturated carbocycles. The molecule has 0 aliphatic carbocycles. The second-order valence-electron chi connectivity index (χ2n) is 3.49. The topological polar surface area (TPSA) is 83.8 Å². The van der Waals surface area contributed by atoms with Crippen molar-refractivity contribution in [2.45, 2.75) is 19.4 Å². The molecule has 0 saturated heterocycles. The highest BCUT2D eigenvalue weighted by Crippen LogP contribution is 2.24. The van der Waals surface area contributed by atoms with Crippen molar-refractivity contribution in [1.29, 1.82) is 0 Å². The summed E-state index contributed by atoms with van der Waals surface area (Å²) >= 11 is 0.